The quantitative estimate of drug-likeness (QED) is 0.666. The SMILES string of the molecule is C=CCN1CC(C)CNC(CC(=O)O)C1=O. The van der Waals surface area contributed by atoms with E-state index in [1.807, 2.05) is 6.92 Å². The third-order valence-electron chi connectivity index (χ3n) is 2.58. The number of carbonyl (C=O) groups is 2. The largest absolute Gasteiger partial charge is 0.481 e. The molecular formula is C11H18N2O3. The Hall–Kier alpha value is -1.36. The summed E-state index contributed by atoms with van der Waals surface area (Å²) < 4.78 is 0. The van der Waals surface area contributed by atoms with Gasteiger partial charge < -0.3 is 15.3 Å². The van der Waals surface area contributed by atoms with E-state index >= 15 is 0 Å². The number of hydrogen-bond acceptors (Lipinski definition) is 3. The number of rotatable bonds is 4. The molecule has 1 saturated heterocycles. The molecule has 1 rings (SSSR count). The predicted molar refractivity (Wildman–Crippen MR) is 60.0 cm³/mol. The number of carbonyl (C=O) groups excluding carboxylic acids is 1. The molecule has 0 aromatic rings. The van der Waals surface area contributed by atoms with Crippen molar-refractivity contribution in [2.45, 2.75) is 19.4 Å². The third-order valence-corrected chi connectivity index (χ3v) is 2.58. The summed E-state index contributed by atoms with van der Waals surface area (Å²) in [6.45, 7) is 7.41. The van der Waals surface area contributed by atoms with Crippen LogP contribution in [0.2, 0.25) is 0 Å². The highest BCUT2D eigenvalue weighted by atomic mass is 16.4. The fraction of sp³-hybridized carbons (Fsp3) is 0.636. The Bertz CT molecular complexity index is 291. The van der Waals surface area contributed by atoms with E-state index in [0.29, 0.717) is 25.6 Å². The molecule has 5 heteroatoms. The fourth-order valence-electron chi connectivity index (χ4n) is 1.84. The number of nitrogens with zero attached hydrogens (tertiary/aromatic N) is 1. The van der Waals surface area contributed by atoms with Crippen LogP contribution in [0.4, 0.5) is 0 Å². The van der Waals surface area contributed by atoms with Crippen molar-refractivity contribution < 1.29 is 14.7 Å². The molecule has 16 heavy (non-hydrogen) atoms. The van der Waals surface area contributed by atoms with Crippen LogP contribution in [0, 0.1) is 5.92 Å². The van der Waals surface area contributed by atoms with Gasteiger partial charge in [-0.25, -0.2) is 0 Å². The molecule has 0 aliphatic carbocycles. The number of amides is 1. The average Bonchev–Trinajstić information content (AvgIpc) is 2.32. The monoisotopic (exact) mass is 226 g/mol. The molecule has 0 aromatic carbocycles. The molecule has 1 aliphatic heterocycles. The molecule has 90 valence electrons. The second-order valence-electron chi connectivity index (χ2n) is 4.20. The first kappa shape index (κ1) is 12.7. The number of hydrogen-bond donors (Lipinski definition) is 2. The Labute approximate surface area is 95.1 Å². The molecule has 0 radical (unpaired) electrons. The molecule has 0 aromatic heterocycles. The molecule has 1 aliphatic rings. The van der Waals surface area contributed by atoms with Crippen molar-refractivity contribution in [3.63, 3.8) is 0 Å². The van der Waals surface area contributed by atoms with Gasteiger partial charge in [-0.2, -0.15) is 0 Å². The van der Waals surface area contributed by atoms with Crippen LogP contribution >= 0.6 is 0 Å². The number of aliphatic carboxylic acids is 1. The highest BCUT2D eigenvalue weighted by molar-refractivity contribution is 5.86. The van der Waals surface area contributed by atoms with Crippen LogP contribution in [-0.4, -0.2) is 47.6 Å². The Balaban J connectivity index is 2.73. The molecule has 0 bridgehead atoms. The summed E-state index contributed by atoms with van der Waals surface area (Å²) in [7, 11) is 0. The van der Waals surface area contributed by atoms with Crippen molar-refractivity contribution in [2.75, 3.05) is 19.6 Å². The highest BCUT2D eigenvalue weighted by Crippen LogP contribution is 2.09. The lowest BCUT2D eigenvalue weighted by molar-refractivity contribution is -0.142. The molecule has 5 nitrogen and oxygen atoms in total. The Morgan fingerprint density at radius 2 is 2.44 bits per heavy atom. The maximum atomic E-state index is 12.0. The van der Waals surface area contributed by atoms with Gasteiger partial charge in [-0.05, 0) is 5.92 Å². The van der Waals surface area contributed by atoms with Crippen LogP contribution in [0.5, 0.6) is 0 Å². The van der Waals surface area contributed by atoms with Gasteiger partial charge in [0.1, 0.15) is 0 Å². The van der Waals surface area contributed by atoms with Crippen molar-refractivity contribution in [1.82, 2.24) is 10.2 Å². The predicted octanol–water partition coefficient (Wildman–Crippen LogP) is 0.0836. The smallest absolute Gasteiger partial charge is 0.305 e. The zero-order chi connectivity index (χ0) is 12.1. The minimum atomic E-state index is -0.959. The van der Waals surface area contributed by atoms with Crippen LogP contribution in [0.25, 0.3) is 0 Å². The molecule has 0 saturated carbocycles. The second-order valence-corrected chi connectivity index (χ2v) is 4.20. The van der Waals surface area contributed by atoms with Gasteiger partial charge in [-0.15, -0.1) is 6.58 Å². The van der Waals surface area contributed by atoms with Gasteiger partial charge in [-0.3, -0.25) is 9.59 Å². The normalized spacial score (nSPS) is 26.3. The molecule has 1 amide bonds. The van der Waals surface area contributed by atoms with E-state index in [1.165, 1.54) is 0 Å². The van der Waals surface area contributed by atoms with E-state index in [2.05, 4.69) is 11.9 Å². The Morgan fingerprint density at radius 3 is 3.00 bits per heavy atom. The molecule has 1 fully saturated rings. The highest BCUT2D eigenvalue weighted by Gasteiger charge is 2.29. The first-order valence-electron chi connectivity index (χ1n) is 5.39. The van der Waals surface area contributed by atoms with Crippen LogP contribution in [0.1, 0.15) is 13.3 Å². The summed E-state index contributed by atoms with van der Waals surface area (Å²) in [5.74, 6) is -0.784. The van der Waals surface area contributed by atoms with Crippen LogP contribution in [0.15, 0.2) is 12.7 Å². The first-order chi connectivity index (χ1) is 7.54. The second kappa shape index (κ2) is 5.65. The van der Waals surface area contributed by atoms with Crippen molar-refractivity contribution in [3.8, 4) is 0 Å². The molecule has 2 atom stereocenters. The van der Waals surface area contributed by atoms with Crippen molar-refractivity contribution in [1.29, 1.82) is 0 Å². The van der Waals surface area contributed by atoms with E-state index < -0.39 is 12.0 Å². The lowest BCUT2D eigenvalue weighted by Crippen LogP contribution is -2.44. The summed E-state index contributed by atoms with van der Waals surface area (Å²) in [6, 6.07) is -0.609. The van der Waals surface area contributed by atoms with E-state index in [4.69, 9.17) is 5.11 Å². The summed E-state index contributed by atoms with van der Waals surface area (Å²) in [5, 5.41) is 11.7. The maximum absolute atomic E-state index is 12.0. The standard InChI is InChI=1S/C11H18N2O3/c1-3-4-13-7-8(2)6-12-9(11(13)16)5-10(14)15/h3,8-9,12H,1,4-7H2,2H3,(H,14,15). The van der Waals surface area contributed by atoms with Crippen LogP contribution < -0.4 is 5.32 Å². The average molecular weight is 226 g/mol. The van der Waals surface area contributed by atoms with E-state index in [9.17, 15) is 9.59 Å². The molecule has 2 N–H and O–H groups in total. The number of nitrogens with one attached hydrogen (secondary N) is 1. The van der Waals surface area contributed by atoms with Crippen LogP contribution in [-0.2, 0) is 9.59 Å². The third kappa shape index (κ3) is 3.34. The van der Waals surface area contributed by atoms with Crippen molar-refractivity contribution in [2.24, 2.45) is 5.92 Å². The maximum Gasteiger partial charge on any atom is 0.305 e. The lowest BCUT2D eigenvalue weighted by Gasteiger charge is -2.23. The minimum Gasteiger partial charge on any atom is -0.481 e. The Morgan fingerprint density at radius 1 is 1.75 bits per heavy atom. The topological polar surface area (TPSA) is 69.6 Å². The van der Waals surface area contributed by atoms with Gasteiger partial charge in [0, 0.05) is 19.6 Å². The lowest BCUT2D eigenvalue weighted by atomic mass is 10.2. The van der Waals surface area contributed by atoms with E-state index in [-0.39, 0.29) is 12.3 Å². The van der Waals surface area contributed by atoms with Crippen molar-refractivity contribution in [3.05, 3.63) is 12.7 Å². The minimum absolute atomic E-state index is 0.147. The van der Waals surface area contributed by atoms with Gasteiger partial charge in [0.2, 0.25) is 5.91 Å². The summed E-state index contributed by atoms with van der Waals surface area (Å²) >= 11 is 0. The molecular weight excluding hydrogens is 208 g/mol. The van der Waals surface area contributed by atoms with Gasteiger partial charge >= 0.3 is 5.97 Å². The summed E-state index contributed by atoms with van der Waals surface area (Å²) in [5.41, 5.74) is 0. The number of carboxylic acids is 1. The molecule has 0 spiro atoms. The molecule has 1 heterocycles. The summed E-state index contributed by atoms with van der Waals surface area (Å²) in [4.78, 5) is 24.3. The Kier molecular flexibility index (Phi) is 4.49. The van der Waals surface area contributed by atoms with Crippen LogP contribution in [0.3, 0.4) is 0 Å². The molecule has 2 unspecified atom stereocenters. The fourth-order valence-corrected chi connectivity index (χ4v) is 1.84. The van der Waals surface area contributed by atoms with Gasteiger partial charge in [0.15, 0.2) is 0 Å². The van der Waals surface area contributed by atoms with Crippen molar-refractivity contribution >= 4 is 11.9 Å². The number of carboxylic acid groups (broad SMARTS) is 1. The van der Waals surface area contributed by atoms with Gasteiger partial charge in [0.05, 0.1) is 12.5 Å². The van der Waals surface area contributed by atoms with E-state index in [1.54, 1.807) is 11.0 Å². The summed E-state index contributed by atoms with van der Waals surface area (Å²) in [6.07, 6.45) is 1.49. The first-order valence-corrected chi connectivity index (χ1v) is 5.39. The zero-order valence-electron chi connectivity index (χ0n) is 9.48. The van der Waals surface area contributed by atoms with E-state index in [0.717, 1.165) is 0 Å². The van der Waals surface area contributed by atoms with Gasteiger partial charge in [0.25, 0.3) is 0 Å². The zero-order valence-corrected chi connectivity index (χ0v) is 9.48. The van der Waals surface area contributed by atoms with Gasteiger partial charge in [-0.1, -0.05) is 13.0 Å².